The fourth-order valence-electron chi connectivity index (χ4n) is 2.02. The van der Waals surface area contributed by atoms with Crippen LogP contribution in [0.2, 0.25) is 0 Å². The highest BCUT2D eigenvalue weighted by atomic mass is 32.1. The number of rotatable bonds is 4. The fraction of sp³-hybridized carbons (Fsp3) is 0.500. The van der Waals surface area contributed by atoms with Gasteiger partial charge in [0.1, 0.15) is 4.99 Å². The average Bonchev–Trinajstić information content (AvgIpc) is 2.89. The minimum Gasteiger partial charge on any atom is -0.378 e. The maximum atomic E-state index is 5.56. The fourth-order valence-corrected chi connectivity index (χ4v) is 2.24. The molecule has 1 aliphatic rings. The van der Waals surface area contributed by atoms with Gasteiger partial charge in [0.15, 0.2) is 0 Å². The first-order valence-corrected chi connectivity index (χ1v) is 6.75. The van der Waals surface area contributed by atoms with E-state index in [0.717, 1.165) is 36.5 Å². The Morgan fingerprint density at radius 2 is 2.11 bits per heavy atom. The topological polar surface area (TPSA) is 24.5 Å². The normalized spacial score (nSPS) is 18.7. The summed E-state index contributed by atoms with van der Waals surface area (Å²) in [7, 11) is 4.06. The highest BCUT2D eigenvalue weighted by Gasteiger charge is 2.15. The van der Waals surface area contributed by atoms with Gasteiger partial charge in [-0.3, -0.25) is 0 Å². The minimum absolute atomic E-state index is 0.323. The largest absolute Gasteiger partial charge is 0.378 e. The van der Waals surface area contributed by atoms with E-state index in [2.05, 4.69) is 34.5 Å². The van der Waals surface area contributed by atoms with Crippen LogP contribution in [-0.4, -0.2) is 38.3 Å². The summed E-state index contributed by atoms with van der Waals surface area (Å²) in [6.07, 6.45) is 2.62. The van der Waals surface area contributed by atoms with Gasteiger partial charge in [0, 0.05) is 38.5 Å². The molecule has 1 aromatic rings. The van der Waals surface area contributed by atoms with Crippen molar-refractivity contribution in [3.8, 4) is 0 Å². The van der Waals surface area contributed by atoms with E-state index < -0.39 is 0 Å². The number of hydrogen-bond donors (Lipinski definition) is 1. The number of hydrogen-bond acceptors (Lipinski definition) is 3. The summed E-state index contributed by atoms with van der Waals surface area (Å²) in [5.74, 6) is 0. The van der Waals surface area contributed by atoms with Crippen LogP contribution in [-0.2, 0) is 4.74 Å². The molecule has 0 saturated carbocycles. The van der Waals surface area contributed by atoms with E-state index in [1.165, 1.54) is 5.69 Å². The smallest absolute Gasteiger partial charge is 0.106 e. The number of nitrogens with one attached hydrogen (secondary N) is 1. The van der Waals surface area contributed by atoms with Gasteiger partial charge in [-0.25, -0.2) is 0 Å². The lowest BCUT2D eigenvalue weighted by atomic mass is 10.2. The molecule has 1 aromatic carbocycles. The first-order chi connectivity index (χ1) is 8.66. The Bertz CT molecular complexity index is 397. The minimum atomic E-state index is 0.323. The van der Waals surface area contributed by atoms with Crippen molar-refractivity contribution in [2.45, 2.75) is 18.9 Å². The van der Waals surface area contributed by atoms with E-state index in [1.807, 2.05) is 14.1 Å². The predicted molar refractivity (Wildman–Crippen MR) is 79.4 cm³/mol. The molecule has 0 amide bonds. The molecule has 0 aliphatic carbocycles. The number of thiocarbonyl (C=S) groups is 1. The Morgan fingerprint density at radius 3 is 2.67 bits per heavy atom. The second kappa shape index (κ2) is 6.16. The molecule has 0 radical (unpaired) electrons. The summed E-state index contributed by atoms with van der Waals surface area (Å²) >= 11 is 5.38. The number of nitrogens with zero attached hydrogens (tertiary/aromatic N) is 1. The number of anilines is 1. The van der Waals surface area contributed by atoms with Crippen molar-refractivity contribution >= 4 is 22.9 Å². The third-order valence-corrected chi connectivity index (χ3v) is 3.54. The van der Waals surface area contributed by atoms with Gasteiger partial charge in [-0.15, -0.1) is 0 Å². The number of benzene rings is 1. The standard InChI is InChI=1S/C14H20N2OS/c1-16(2)12-7-5-11(6-8-12)14(18)15-10-13-4-3-9-17-13/h5-8,13H,3-4,9-10H2,1-2H3,(H,15,18)/t13-/m1/s1. The quantitative estimate of drug-likeness (QED) is 0.843. The van der Waals surface area contributed by atoms with Gasteiger partial charge in [-0.1, -0.05) is 12.2 Å². The first kappa shape index (κ1) is 13.3. The van der Waals surface area contributed by atoms with Crippen molar-refractivity contribution in [1.29, 1.82) is 0 Å². The van der Waals surface area contributed by atoms with E-state index >= 15 is 0 Å². The molecule has 98 valence electrons. The van der Waals surface area contributed by atoms with Crippen LogP contribution < -0.4 is 10.2 Å². The van der Waals surface area contributed by atoms with Crippen LogP contribution in [0.4, 0.5) is 5.69 Å². The van der Waals surface area contributed by atoms with Gasteiger partial charge in [-0.05, 0) is 37.1 Å². The lowest BCUT2D eigenvalue weighted by Crippen LogP contribution is -2.31. The first-order valence-electron chi connectivity index (χ1n) is 6.34. The van der Waals surface area contributed by atoms with Gasteiger partial charge in [0.2, 0.25) is 0 Å². The van der Waals surface area contributed by atoms with E-state index in [1.54, 1.807) is 0 Å². The molecule has 4 heteroatoms. The molecular formula is C14H20N2OS. The molecule has 1 atom stereocenters. The van der Waals surface area contributed by atoms with Gasteiger partial charge < -0.3 is 15.0 Å². The second-order valence-corrected chi connectivity index (χ2v) is 5.19. The van der Waals surface area contributed by atoms with Crippen LogP contribution in [0.5, 0.6) is 0 Å². The van der Waals surface area contributed by atoms with Crippen LogP contribution in [0.15, 0.2) is 24.3 Å². The highest BCUT2D eigenvalue weighted by Crippen LogP contribution is 2.13. The SMILES string of the molecule is CN(C)c1ccc(C(=S)NC[C@H]2CCCO2)cc1. The molecule has 0 unspecified atom stereocenters. The van der Waals surface area contributed by atoms with Gasteiger partial charge in [0.05, 0.1) is 6.10 Å². The molecule has 0 aromatic heterocycles. The molecule has 0 spiro atoms. The average molecular weight is 264 g/mol. The summed E-state index contributed by atoms with van der Waals surface area (Å²) < 4.78 is 5.56. The van der Waals surface area contributed by atoms with E-state index in [9.17, 15) is 0 Å². The molecule has 2 rings (SSSR count). The van der Waals surface area contributed by atoms with Gasteiger partial charge >= 0.3 is 0 Å². The van der Waals surface area contributed by atoms with Crippen LogP contribution in [0.25, 0.3) is 0 Å². The van der Waals surface area contributed by atoms with Gasteiger partial charge in [-0.2, -0.15) is 0 Å². The molecule has 0 bridgehead atoms. The third-order valence-electron chi connectivity index (χ3n) is 3.16. The summed E-state index contributed by atoms with van der Waals surface area (Å²) in [5.41, 5.74) is 2.24. The molecule has 3 nitrogen and oxygen atoms in total. The zero-order valence-electron chi connectivity index (χ0n) is 11.0. The summed E-state index contributed by atoms with van der Waals surface area (Å²) in [6, 6.07) is 8.27. The molecule has 18 heavy (non-hydrogen) atoms. The van der Waals surface area contributed by atoms with E-state index in [4.69, 9.17) is 17.0 Å². The molecule has 1 aliphatic heterocycles. The number of ether oxygens (including phenoxy) is 1. The molecular weight excluding hydrogens is 244 g/mol. The van der Waals surface area contributed by atoms with E-state index in [0.29, 0.717) is 6.10 Å². The van der Waals surface area contributed by atoms with Crippen molar-refractivity contribution in [3.63, 3.8) is 0 Å². The Balaban J connectivity index is 1.87. The Kier molecular flexibility index (Phi) is 4.55. The zero-order chi connectivity index (χ0) is 13.0. The van der Waals surface area contributed by atoms with Crippen LogP contribution in [0, 0.1) is 0 Å². The molecule has 1 N–H and O–H groups in total. The maximum Gasteiger partial charge on any atom is 0.106 e. The van der Waals surface area contributed by atoms with Crippen LogP contribution in [0.1, 0.15) is 18.4 Å². The zero-order valence-corrected chi connectivity index (χ0v) is 11.8. The lowest BCUT2D eigenvalue weighted by Gasteiger charge is -2.15. The van der Waals surface area contributed by atoms with Gasteiger partial charge in [0.25, 0.3) is 0 Å². The molecule has 1 heterocycles. The van der Waals surface area contributed by atoms with Crippen LogP contribution in [0.3, 0.4) is 0 Å². The van der Waals surface area contributed by atoms with E-state index in [-0.39, 0.29) is 0 Å². The highest BCUT2D eigenvalue weighted by molar-refractivity contribution is 7.80. The summed E-state index contributed by atoms with van der Waals surface area (Å²) in [5, 5.41) is 3.28. The van der Waals surface area contributed by atoms with Crippen molar-refractivity contribution in [3.05, 3.63) is 29.8 Å². The van der Waals surface area contributed by atoms with Crippen molar-refractivity contribution in [1.82, 2.24) is 5.32 Å². The van der Waals surface area contributed by atoms with Crippen molar-refractivity contribution < 1.29 is 4.74 Å². The van der Waals surface area contributed by atoms with Crippen LogP contribution >= 0.6 is 12.2 Å². The lowest BCUT2D eigenvalue weighted by molar-refractivity contribution is 0.114. The molecule has 1 fully saturated rings. The summed E-state index contributed by atoms with van der Waals surface area (Å²) in [6.45, 7) is 1.70. The second-order valence-electron chi connectivity index (χ2n) is 4.79. The molecule has 1 saturated heterocycles. The predicted octanol–water partition coefficient (Wildman–Crippen LogP) is 2.20. The monoisotopic (exact) mass is 264 g/mol. The Hall–Kier alpha value is -1.13. The van der Waals surface area contributed by atoms with Crippen molar-refractivity contribution in [2.24, 2.45) is 0 Å². The van der Waals surface area contributed by atoms with Crippen molar-refractivity contribution in [2.75, 3.05) is 32.1 Å². The maximum absolute atomic E-state index is 5.56. The Morgan fingerprint density at radius 1 is 1.39 bits per heavy atom. The Labute approximate surface area is 114 Å². The summed E-state index contributed by atoms with van der Waals surface area (Å²) in [4.78, 5) is 2.88. The third kappa shape index (κ3) is 3.43.